The summed E-state index contributed by atoms with van der Waals surface area (Å²) in [6.45, 7) is 6.03. The summed E-state index contributed by atoms with van der Waals surface area (Å²) < 4.78 is 0. The zero-order chi connectivity index (χ0) is 12.2. The maximum absolute atomic E-state index is 10.8. The molecule has 86 valence electrons. The van der Waals surface area contributed by atoms with Gasteiger partial charge in [-0.2, -0.15) is 0 Å². The van der Waals surface area contributed by atoms with E-state index < -0.39 is 5.97 Å². The maximum atomic E-state index is 10.8. The van der Waals surface area contributed by atoms with Gasteiger partial charge in [-0.3, -0.25) is 0 Å². The van der Waals surface area contributed by atoms with E-state index in [9.17, 15) is 4.79 Å². The summed E-state index contributed by atoms with van der Waals surface area (Å²) in [5, 5.41) is 8.84. The molecule has 16 heavy (non-hydrogen) atoms. The molecule has 0 atom stereocenters. The Morgan fingerprint density at radius 3 is 2.25 bits per heavy atom. The predicted molar refractivity (Wildman–Crippen MR) is 67.5 cm³/mol. The molecule has 0 bridgehead atoms. The third-order valence-corrected chi connectivity index (χ3v) is 3.42. The standard InChI is InChI=1S/C13H16O2S/c1-13(2,3)11(9-12(14)15)16-10-7-5-4-6-8-10/h4-9H,1-3H3,(H,14,15)/b11-9-. The summed E-state index contributed by atoms with van der Waals surface area (Å²) in [7, 11) is 0. The molecule has 0 aromatic heterocycles. The SMILES string of the molecule is CC(C)(C)/C(=C/C(=O)O)Sc1ccccc1. The van der Waals surface area contributed by atoms with Crippen LogP contribution in [0.15, 0.2) is 46.2 Å². The van der Waals surface area contributed by atoms with Crippen molar-refractivity contribution in [3.05, 3.63) is 41.3 Å². The highest BCUT2D eigenvalue weighted by molar-refractivity contribution is 8.03. The zero-order valence-electron chi connectivity index (χ0n) is 9.73. The van der Waals surface area contributed by atoms with Gasteiger partial charge in [0.1, 0.15) is 0 Å². The number of rotatable bonds is 3. The number of aliphatic carboxylic acids is 1. The van der Waals surface area contributed by atoms with Gasteiger partial charge in [0.05, 0.1) is 0 Å². The topological polar surface area (TPSA) is 37.3 Å². The van der Waals surface area contributed by atoms with Crippen molar-refractivity contribution in [2.24, 2.45) is 5.41 Å². The zero-order valence-corrected chi connectivity index (χ0v) is 10.5. The Balaban J connectivity index is 2.93. The molecular formula is C13H16O2S. The number of carbonyl (C=O) groups is 1. The number of hydrogen-bond acceptors (Lipinski definition) is 2. The van der Waals surface area contributed by atoms with Crippen molar-refractivity contribution in [3.8, 4) is 0 Å². The largest absolute Gasteiger partial charge is 0.478 e. The van der Waals surface area contributed by atoms with Crippen LogP contribution in [0, 0.1) is 5.41 Å². The minimum absolute atomic E-state index is 0.154. The van der Waals surface area contributed by atoms with Crippen LogP contribution < -0.4 is 0 Å². The van der Waals surface area contributed by atoms with Gasteiger partial charge < -0.3 is 5.11 Å². The van der Waals surface area contributed by atoms with Crippen LogP contribution in [0.25, 0.3) is 0 Å². The third kappa shape index (κ3) is 4.11. The van der Waals surface area contributed by atoms with Crippen molar-refractivity contribution in [2.45, 2.75) is 25.7 Å². The summed E-state index contributed by atoms with van der Waals surface area (Å²) in [5.41, 5.74) is -0.154. The lowest BCUT2D eigenvalue weighted by molar-refractivity contribution is -0.131. The molecule has 0 saturated heterocycles. The first-order valence-corrected chi connectivity index (χ1v) is 5.89. The van der Waals surface area contributed by atoms with Crippen LogP contribution in [0.2, 0.25) is 0 Å². The van der Waals surface area contributed by atoms with Gasteiger partial charge >= 0.3 is 5.97 Å². The molecule has 1 aromatic carbocycles. The van der Waals surface area contributed by atoms with E-state index in [0.29, 0.717) is 0 Å². The number of hydrogen-bond donors (Lipinski definition) is 1. The molecule has 0 unspecified atom stereocenters. The second kappa shape index (κ2) is 5.21. The molecule has 1 N–H and O–H groups in total. The van der Waals surface area contributed by atoms with Crippen molar-refractivity contribution in [1.29, 1.82) is 0 Å². The molecule has 0 aliphatic heterocycles. The monoisotopic (exact) mass is 236 g/mol. The Morgan fingerprint density at radius 1 is 1.25 bits per heavy atom. The third-order valence-electron chi connectivity index (χ3n) is 1.96. The first-order chi connectivity index (χ1) is 7.39. The van der Waals surface area contributed by atoms with Crippen LogP contribution in [0.4, 0.5) is 0 Å². The van der Waals surface area contributed by atoms with E-state index in [2.05, 4.69) is 0 Å². The number of benzene rings is 1. The first kappa shape index (κ1) is 12.8. The summed E-state index contributed by atoms with van der Waals surface area (Å²) >= 11 is 1.50. The molecule has 0 radical (unpaired) electrons. The molecule has 0 spiro atoms. The number of allylic oxidation sites excluding steroid dienone is 1. The molecule has 0 fully saturated rings. The molecule has 0 aliphatic rings. The minimum Gasteiger partial charge on any atom is -0.478 e. The van der Waals surface area contributed by atoms with E-state index in [1.54, 1.807) is 0 Å². The van der Waals surface area contributed by atoms with Crippen LogP contribution in [0.5, 0.6) is 0 Å². The summed E-state index contributed by atoms with van der Waals surface area (Å²) in [5.74, 6) is -0.895. The van der Waals surface area contributed by atoms with Gasteiger partial charge in [-0.1, -0.05) is 50.7 Å². The smallest absolute Gasteiger partial charge is 0.329 e. The van der Waals surface area contributed by atoms with Gasteiger partial charge in [-0.05, 0) is 17.5 Å². The van der Waals surface area contributed by atoms with Crippen LogP contribution in [-0.2, 0) is 4.79 Å². The number of carboxylic acid groups (broad SMARTS) is 1. The summed E-state index contributed by atoms with van der Waals surface area (Å²) in [4.78, 5) is 12.7. The van der Waals surface area contributed by atoms with Crippen molar-refractivity contribution in [2.75, 3.05) is 0 Å². The average Bonchev–Trinajstić information content (AvgIpc) is 2.16. The second-order valence-electron chi connectivity index (χ2n) is 4.51. The maximum Gasteiger partial charge on any atom is 0.329 e. The lowest BCUT2D eigenvalue weighted by Gasteiger charge is -2.21. The van der Waals surface area contributed by atoms with Crippen molar-refractivity contribution < 1.29 is 9.90 Å². The number of thioether (sulfide) groups is 1. The molecule has 3 heteroatoms. The molecule has 0 aliphatic carbocycles. The first-order valence-electron chi connectivity index (χ1n) is 5.07. The molecule has 0 saturated carbocycles. The highest BCUT2D eigenvalue weighted by Gasteiger charge is 2.19. The molecule has 1 aromatic rings. The van der Waals surface area contributed by atoms with E-state index >= 15 is 0 Å². The van der Waals surface area contributed by atoms with E-state index in [0.717, 1.165) is 9.80 Å². The predicted octanol–water partition coefficient (Wildman–Crippen LogP) is 3.79. The fraction of sp³-hybridized carbons (Fsp3) is 0.308. The Morgan fingerprint density at radius 2 is 1.81 bits per heavy atom. The van der Waals surface area contributed by atoms with E-state index in [4.69, 9.17) is 5.11 Å². The van der Waals surface area contributed by atoms with Gasteiger partial charge in [0, 0.05) is 15.9 Å². The Labute approximate surface area is 100 Å². The molecule has 0 amide bonds. The lowest BCUT2D eigenvalue weighted by atomic mass is 9.96. The fourth-order valence-corrected chi connectivity index (χ4v) is 2.14. The highest BCUT2D eigenvalue weighted by Crippen LogP contribution is 2.38. The van der Waals surface area contributed by atoms with Crippen LogP contribution >= 0.6 is 11.8 Å². The van der Waals surface area contributed by atoms with Crippen molar-refractivity contribution >= 4 is 17.7 Å². The van der Waals surface area contributed by atoms with Crippen LogP contribution in [0.1, 0.15) is 20.8 Å². The molecule has 2 nitrogen and oxygen atoms in total. The Hall–Kier alpha value is -1.22. The Bertz CT molecular complexity index is 388. The van der Waals surface area contributed by atoms with E-state index in [1.165, 1.54) is 17.8 Å². The lowest BCUT2D eigenvalue weighted by Crippen LogP contribution is -2.08. The minimum atomic E-state index is -0.895. The fourth-order valence-electron chi connectivity index (χ4n) is 1.13. The van der Waals surface area contributed by atoms with Gasteiger partial charge in [-0.25, -0.2) is 4.79 Å². The molecule has 1 rings (SSSR count). The van der Waals surface area contributed by atoms with Gasteiger partial charge in [0.25, 0.3) is 0 Å². The summed E-state index contributed by atoms with van der Waals surface area (Å²) in [6, 6.07) is 9.80. The second-order valence-corrected chi connectivity index (χ2v) is 5.63. The highest BCUT2D eigenvalue weighted by atomic mass is 32.2. The normalized spacial score (nSPS) is 12.6. The van der Waals surface area contributed by atoms with E-state index in [1.807, 2.05) is 51.1 Å². The van der Waals surface area contributed by atoms with Crippen molar-refractivity contribution in [1.82, 2.24) is 0 Å². The average molecular weight is 236 g/mol. The van der Waals surface area contributed by atoms with Gasteiger partial charge in [0.2, 0.25) is 0 Å². The summed E-state index contributed by atoms with van der Waals surface area (Å²) in [6.07, 6.45) is 1.29. The molecule has 0 heterocycles. The van der Waals surface area contributed by atoms with Crippen LogP contribution in [-0.4, -0.2) is 11.1 Å². The van der Waals surface area contributed by atoms with Crippen molar-refractivity contribution in [3.63, 3.8) is 0 Å². The molecular weight excluding hydrogens is 220 g/mol. The van der Waals surface area contributed by atoms with Crippen LogP contribution in [0.3, 0.4) is 0 Å². The quantitative estimate of drug-likeness (QED) is 0.640. The number of carboxylic acids is 1. The Kier molecular flexibility index (Phi) is 4.19. The van der Waals surface area contributed by atoms with Gasteiger partial charge in [-0.15, -0.1) is 0 Å². The van der Waals surface area contributed by atoms with Gasteiger partial charge in [0.15, 0.2) is 0 Å². The van der Waals surface area contributed by atoms with E-state index in [-0.39, 0.29) is 5.41 Å².